The second-order valence-electron chi connectivity index (χ2n) is 4.87. The molecular formula is C14H19N3O2. The maximum Gasteiger partial charge on any atom is 0.408 e. The number of amides is 1. The van der Waals surface area contributed by atoms with E-state index in [0.29, 0.717) is 6.54 Å². The zero-order valence-electron chi connectivity index (χ0n) is 11.5. The number of nitrogens with one attached hydrogen (secondary N) is 1. The highest BCUT2D eigenvalue weighted by Crippen LogP contribution is 2.05. The lowest BCUT2D eigenvalue weighted by Crippen LogP contribution is -2.51. The summed E-state index contributed by atoms with van der Waals surface area (Å²) in [5, 5.41) is 11.7. The molecule has 0 heterocycles. The number of carbonyl (C=O) groups excluding carboxylic acids is 1. The van der Waals surface area contributed by atoms with Gasteiger partial charge in [-0.05, 0) is 26.6 Å². The molecule has 0 spiro atoms. The van der Waals surface area contributed by atoms with Crippen LogP contribution in [0.4, 0.5) is 4.79 Å². The molecule has 1 aromatic carbocycles. The molecule has 0 fully saturated rings. The summed E-state index contributed by atoms with van der Waals surface area (Å²) in [6.45, 7) is 2.27. The van der Waals surface area contributed by atoms with Crippen molar-refractivity contribution in [1.82, 2.24) is 10.2 Å². The Labute approximate surface area is 113 Å². The first-order valence-electron chi connectivity index (χ1n) is 6.00. The summed E-state index contributed by atoms with van der Waals surface area (Å²) >= 11 is 0. The van der Waals surface area contributed by atoms with Crippen LogP contribution in [0.15, 0.2) is 30.3 Å². The Kier molecular flexibility index (Phi) is 5.34. The minimum atomic E-state index is -0.961. The summed E-state index contributed by atoms with van der Waals surface area (Å²) in [5.41, 5.74) is -0.0546. The van der Waals surface area contributed by atoms with Crippen molar-refractivity contribution in [2.75, 3.05) is 20.6 Å². The Balaban J connectivity index is 2.48. The zero-order valence-corrected chi connectivity index (χ0v) is 11.5. The molecule has 0 saturated heterocycles. The van der Waals surface area contributed by atoms with E-state index in [1.807, 2.05) is 49.3 Å². The molecule has 5 heteroatoms. The van der Waals surface area contributed by atoms with Gasteiger partial charge in [-0.15, -0.1) is 0 Å². The van der Waals surface area contributed by atoms with Crippen molar-refractivity contribution in [1.29, 1.82) is 5.26 Å². The maximum atomic E-state index is 11.7. The first kappa shape index (κ1) is 15.0. The molecule has 0 radical (unpaired) electrons. The first-order chi connectivity index (χ1) is 8.95. The quantitative estimate of drug-likeness (QED) is 0.877. The van der Waals surface area contributed by atoms with Gasteiger partial charge >= 0.3 is 6.09 Å². The van der Waals surface area contributed by atoms with E-state index in [4.69, 9.17) is 10.00 Å². The fraction of sp³-hybridized carbons (Fsp3) is 0.429. The number of rotatable bonds is 5. The average molecular weight is 261 g/mol. The molecule has 19 heavy (non-hydrogen) atoms. The lowest BCUT2D eigenvalue weighted by Gasteiger charge is -2.26. The molecule has 1 unspecified atom stereocenters. The van der Waals surface area contributed by atoms with Crippen molar-refractivity contribution in [2.24, 2.45) is 0 Å². The highest BCUT2D eigenvalue weighted by Gasteiger charge is 2.27. The van der Waals surface area contributed by atoms with Gasteiger partial charge in [0.25, 0.3) is 0 Å². The van der Waals surface area contributed by atoms with E-state index in [-0.39, 0.29) is 6.61 Å². The number of alkyl carbamates (subject to hydrolysis) is 1. The summed E-state index contributed by atoms with van der Waals surface area (Å²) in [7, 11) is 3.68. The summed E-state index contributed by atoms with van der Waals surface area (Å²) in [6.07, 6.45) is -0.588. The van der Waals surface area contributed by atoms with Crippen LogP contribution in [0.1, 0.15) is 12.5 Å². The minimum absolute atomic E-state index is 0.191. The van der Waals surface area contributed by atoms with E-state index in [1.165, 1.54) is 0 Å². The fourth-order valence-electron chi connectivity index (χ4n) is 1.72. The third-order valence-electron chi connectivity index (χ3n) is 2.47. The SMILES string of the molecule is CN(C)CC(C)(C#N)NC(=O)OCc1ccccc1. The normalized spacial score (nSPS) is 13.4. The lowest BCUT2D eigenvalue weighted by atomic mass is 10.1. The van der Waals surface area contributed by atoms with Crippen LogP contribution in [-0.2, 0) is 11.3 Å². The second kappa shape index (κ2) is 6.76. The van der Waals surface area contributed by atoms with E-state index in [0.717, 1.165) is 5.56 Å². The van der Waals surface area contributed by atoms with Crippen LogP contribution in [0.3, 0.4) is 0 Å². The monoisotopic (exact) mass is 261 g/mol. The van der Waals surface area contributed by atoms with Crippen LogP contribution < -0.4 is 5.32 Å². The van der Waals surface area contributed by atoms with Crippen molar-refractivity contribution in [2.45, 2.75) is 19.1 Å². The molecule has 5 nitrogen and oxygen atoms in total. The Hall–Kier alpha value is -2.06. The molecule has 0 aliphatic carbocycles. The van der Waals surface area contributed by atoms with Gasteiger partial charge in [0.15, 0.2) is 0 Å². The Morgan fingerprint density at radius 2 is 2.05 bits per heavy atom. The molecule has 0 aliphatic heterocycles. The lowest BCUT2D eigenvalue weighted by molar-refractivity contribution is 0.129. The van der Waals surface area contributed by atoms with Gasteiger partial charge in [0.1, 0.15) is 12.1 Å². The van der Waals surface area contributed by atoms with Gasteiger partial charge in [-0.2, -0.15) is 5.26 Å². The topological polar surface area (TPSA) is 65.4 Å². The summed E-state index contributed by atoms with van der Waals surface area (Å²) < 4.78 is 5.09. The standard InChI is InChI=1S/C14H19N3O2/c1-14(10-15,11-17(2)3)16-13(18)19-9-12-7-5-4-6-8-12/h4-8H,9,11H2,1-3H3,(H,16,18). The molecule has 1 rings (SSSR count). The number of likely N-dealkylation sites (N-methyl/N-ethyl adjacent to an activating group) is 1. The van der Waals surface area contributed by atoms with Crippen LogP contribution in [0.5, 0.6) is 0 Å². The minimum Gasteiger partial charge on any atom is -0.445 e. The van der Waals surface area contributed by atoms with Gasteiger partial charge < -0.3 is 15.0 Å². The van der Waals surface area contributed by atoms with Crippen LogP contribution in [-0.4, -0.2) is 37.2 Å². The molecule has 0 aliphatic rings. The number of benzene rings is 1. The highest BCUT2D eigenvalue weighted by atomic mass is 16.5. The Bertz CT molecular complexity index is 454. The number of nitrogens with zero attached hydrogens (tertiary/aromatic N) is 2. The van der Waals surface area contributed by atoms with Gasteiger partial charge in [-0.1, -0.05) is 30.3 Å². The van der Waals surface area contributed by atoms with Gasteiger partial charge in [-0.3, -0.25) is 0 Å². The smallest absolute Gasteiger partial charge is 0.408 e. The highest BCUT2D eigenvalue weighted by molar-refractivity contribution is 5.69. The van der Waals surface area contributed by atoms with Gasteiger partial charge in [-0.25, -0.2) is 4.79 Å². The van der Waals surface area contributed by atoms with Gasteiger partial charge in [0.2, 0.25) is 0 Å². The number of carbonyl (C=O) groups is 1. The van der Waals surface area contributed by atoms with Crippen LogP contribution in [0, 0.1) is 11.3 Å². The van der Waals surface area contributed by atoms with E-state index < -0.39 is 11.6 Å². The average Bonchev–Trinajstić information content (AvgIpc) is 2.36. The molecule has 1 amide bonds. The summed E-state index contributed by atoms with van der Waals surface area (Å²) in [6, 6.07) is 11.5. The van der Waals surface area contributed by atoms with Crippen molar-refractivity contribution < 1.29 is 9.53 Å². The van der Waals surface area contributed by atoms with Gasteiger partial charge in [0, 0.05) is 6.54 Å². The second-order valence-corrected chi connectivity index (χ2v) is 4.87. The molecule has 0 aromatic heterocycles. The third kappa shape index (κ3) is 5.40. The zero-order chi connectivity index (χ0) is 14.3. The Morgan fingerprint density at radius 1 is 1.42 bits per heavy atom. The largest absolute Gasteiger partial charge is 0.445 e. The molecule has 102 valence electrons. The van der Waals surface area contributed by atoms with Crippen molar-refractivity contribution >= 4 is 6.09 Å². The molecular weight excluding hydrogens is 242 g/mol. The number of hydrogen-bond acceptors (Lipinski definition) is 4. The van der Waals surface area contributed by atoms with Crippen LogP contribution in [0.2, 0.25) is 0 Å². The van der Waals surface area contributed by atoms with Crippen LogP contribution in [0.25, 0.3) is 0 Å². The predicted octanol–water partition coefficient (Wildman–Crippen LogP) is 1.76. The van der Waals surface area contributed by atoms with Gasteiger partial charge in [0.05, 0.1) is 6.07 Å². The fourth-order valence-corrected chi connectivity index (χ4v) is 1.72. The molecule has 1 aromatic rings. The van der Waals surface area contributed by atoms with E-state index >= 15 is 0 Å². The maximum absolute atomic E-state index is 11.7. The predicted molar refractivity (Wildman–Crippen MR) is 72.3 cm³/mol. The van der Waals surface area contributed by atoms with Crippen molar-refractivity contribution in [3.8, 4) is 6.07 Å². The summed E-state index contributed by atoms with van der Waals surface area (Å²) in [4.78, 5) is 13.5. The van der Waals surface area contributed by atoms with Crippen LogP contribution >= 0.6 is 0 Å². The number of hydrogen-bond donors (Lipinski definition) is 1. The first-order valence-corrected chi connectivity index (χ1v) is 6.00. The number of ether oxygens (including phenoxy) is 1. The Morgan fingerprint density at radius 3 is 2.58 bits per heavy atom. The van der Waals surface area contributed by atoms with E-state index in [9.17, 15) is 4.79 Å². The number of nitriles is 1. The van der Waals surface area contributed by atoms with Crippen molar-refractivity contribution in [3.63, 3.8) is 0 Å². The van der Waals surface area contributed by atoms with Crippen molar-refractivity contribution in [3.05, 3.63) is 35.9 Å². The molecule has 0 bridgehead atoms. The molecule has 1 atom stereocenters. The third-order valence-corrected chi connectivity index (χ3v) is 2.47. The molecule has 0 saturated carbocycles. The summed E-state index contributed by atoms with van der Waals surface area (Å²) in [5.74, 6) is 0. The van der Waals surface area contributed by atoms with E-state index in [1.54, 1.807) is 6.92 Å². The molecule has 1 N–H and O–H groups in total. The van der Waals surface area contributed by atoms with E-state index in [2.05, 4.69) is 11.4 Å².